The Morgan fingerprint density at radius 1 is 1.11 bits per heavy atom. The number of hydrogen-bond acceptors (Lipinski definition) is 5. The first-order chi connectivity index (χ1) is 13.6. The topological polar surface area (TPSA) is 83.9 Å². The number of nitrogens with one attached hydrogen (secondary N) is 1. The molecule has 0 amide bonds. The van der Waals surface area contributed by atoms with Gasteiger partial charge in [-0.15, -0.1) is 0 Å². The van der Waals surface area contributed by atoms with Crippen molar-refractivity contribution in [1.29, 1.82) is 0 Å². The standard InChI is InChI=1S/C22H20N4O2/c1-12-3-6-20-15(7-12)8-16(11-28-20)21-24-19-5-4-14(9-17(19)22(27)25-21)18-10-23-26-13(18)2/h3-7,9-10,16H,8,11H2,1-2H3,(H,23,26)(H,24,25,27). The zero-order valence-corrected chi connectivity index (χ0v) is 15.7. The van der Waals surface area contributed by atoms with Crippen molar-refractivity contribution in [2.75, 3.05) is 6.61 Å². The minimum Gasteiger partial charge on any atom is -0.493 e. The highest BCUT2D eigenvalue weighted by atomic mass is 16.5. The van der Waals surface area contributed by atoms with Crippen LogP contribution in [0, 0.1) is 13.8 Å². The Bertz CT molecular complexity index is 1200. The fourth-order valence-electron chi connectivity index (χ4n) is 3.81. The van der Waals surface area contributed by atoms with Gasteiger partial charge in [-0.05, 0) is 49.6 Å². The molecule has 0 fully saturated rings. The number of H-pyrrole nitrogens is 1. The number of aromatic amines is 1. The molecule has 1 unspecified atom stereocenters. The van der Waals surface area contributed by atoms with E-state index in [4.69, 9.17) is 9.72 Å². The molecule has 0 bridgehead atoms. The zero-order valence-electron chi connectivity index (χ0n) is 15.7. The summed E-state index contributed by atoms with van der Waals surface area (Å²) in [4.78, 5) is 9.13. The summed E-state index contributed by atoms with van der Waals surface area (Å²) in [5, 5.41) is 18.2. The van der Waals surface area contributed by atoms with Crippen molar-refractivity contribution in [3.8, 4) is 22.8 Å². The molecule has 6 heteroatoms. The predicted molar refractivity (Wildman–Crippen MR) is 107 cm³/mol. The van der Waals surface area contributed by atoms with E-state index in [0.29, 0.717) is 17.8 Å². The lowest BCUT2D eigenvalue weighted by molar-refractivity contribution is 0.257. The lowest BCUT2D eigenvalue weighted by Gasteiger charge is -2.25. The van der Waals surface area contributed by atoms with Gasteiger partial charge in [0, 0.05) is 11.3 Å². The number of ether oxygens (including phenoxy) is 1. The van der Waals surface area contributed by atoms with E-state index in [9.17, 15) is 5.11 Å². The average Bonchev–Trinajstić information content (AvgIpc) is 3.13. The maximum Gasteiger partial charge on any atom is 0.222 e. The molecule has 2 N–H and O–H groups in total. The summed E-state index contributed by atoms with van der Waals surface area (Å²) >= 11 is 0. The van der Waals surface area contributed by atoms with Gasteiger partial charge in [0.25, 0.3) is 0 Å². The van der Waals surface area contributed by atoms with E-state index in [1.165, 1.54) is 5.56 Å². The highest BCUT2D eigenvalue weighted by Crippen LogP contribution is 2.34. The molecule has 140 valence electrons. The van der Waals surface area contributed by atoms with Crippen LogP contribution >= 0.6 is 0 Å². The smallest absolute Gasteiger partial charge is 0.222 e. The van der Waals surface area contributed by atoms with Gasteiger partial charge in [0.1, 0.15) is 11.6 Å². The normalized spacial score (nSPS) is 16.0. The van der Waals surface area contributed by atoms with E-state index in [0.717, 1.165) is 40.1 Å². The number of benzene rings is 2. The van der Waals surface area contributed by atoms with E-state index >= 15 is 0 Å². The first kappa shape index (κ1) is 16.7. The van der Waals surface area contributed by atoms with Crippen molar-refractivity contribution >= 4 is 10.9 Å². The van der Waals surface area contributed by atoms with Gasteiger partial charge in [0.05, 0.1) is 29.6 Å². The molecular formula is C22H20N4O2. The Morgan fingerprint density at radius 3 is 2.82 bits per heavy atom. The molecule has 1 aliphatic rings. The molecule has 0 aliphatic carbocycles. The lowest BCUT2D eigenvalue weighted by Crippen LogP contribution is -2.21. The summed E-state index contributed by atoms with van der Waals surface area (Å²) in [7, 11) is 0. The highest BCUT2D eigenvalue weighted by molar-refractivity contribution is 5.88. The summed E-state index contributed by atoms with van der Waals surface area (Å²) in [5.41, 5.74) is 6.03. The molecule has 0 saturated carbocycles. The first-order valence-electron chi connectivity index (χ1n) is 9.32. The second kappa shape index (κ2) is 6.34. The molecule has 28 heavy (non-hydrogen) atoms. The van der Waals surface area contributed by atoms with Gasteiger partial charge >= 0.3 is 0 Å². The molecule has 5 rings (SSSR count). The van der Waals surface area contributed by atoms with Crippen molar-refractivity contribution in [3.63, 3.8) is 0 Å². The molecule has 1 atom stereocenters. The Morgan fingerprint density at radius 2 is 2.00 bits per heavy atom. The van der Waals surface area contributed by atoms with Gasteiger partial charge in [-0.25, -0.2) is 4.98 Å². The van der Waals surface area contributed by atoms with Crippen LogP contribution in [-0.4, -0.2) is 31.9 Å². The highest BCUT2D eigenvalue weighted by Gasteiger charge is 2.25. The van der Waals surface area contributed by atoms with Gasteiger partial charge in [-0.2, -0.15) is 10.1 Å². The molecule has 0 saturated heterocycles. The zero-order chi connectivity index (χ0) is 19.3. The summed E-state index contributed by atoms with van der Waals surface area (Å²) in [6, 6.07) is 12.0. The third kappa shape index (κ3) is 2.78. The van der Waals surface area contributed by atoms with Crippen LogP contribution < -0.4 is 4.74 Å². The van der Waals surface area contributed by atoms with E-state index in [1.54, 1.807) is 6.20 Å². The van der Waals surface area contributed by atoms with Crippen molar-refractivity contribution in [1.82, 2.24) is 20.2 Å². The average molecular weight is 372 g/mol. The number of aromatic nitrogens is 4. The van der Waals surface area contributed by atoms with Gasteiger partial charge in [-0.3, -0.25) is 5.10 Å². The van der Waals surface area contributed by atoms with Crippen LogP contribution in [0.2, 0.25) is 0 Å². The number of hydrogen-bond donors (Lipinski definition) is 2. The molecule has 3 heterocycles. The van der Waals surface area contributed by atoms with E-state index < -0.39 is 0 Å². The Kier molecular flexibility index (Phi) is 3.79. The maximum atomic E-state index is 10.6. The van der Waals surface area contributed by atoms with Crippen LogP contribution in [0.3, 0.4) is 0 Å². The van der Waals surface area contributed by atoms with Crippen LogP contribution in [0.25, 0.3) is 22.0 Å². The predicted octanol–water partition coefficient (Wildman–Crippen LogP) is 4.06. The SMILES string of the molecule is Cc1ccc2c(c1)CC(c1nc(O)c3cc(-c4cn[nH]c4C)ccc3n1)CO2. The van der Waals surface area contributed by atoms with Gasteiger partial charge in [0.15, 0.2) is 0 Å². The Hall–Kier alpha value is -3.41. The van der Waals surface area contributed by atoms with Crippen LogP contribution in [0.5, 0.6) is 11.6 Å². The summed E-state index contributed by atoms with van der Waals surface area (Å²) < 4.78 is 5.91. The quantitative estimate of drug-likeness (QED) is 0.554. The Balaban J connectivity index is 1.52. The maximum absolute atomic E-state index is 10.6. The number of fused-ring (bicyclic) bond motifs is 2. The van der Waals surface area contributed by atoms with Crippen molar-refractivity contribution < 1.29 is 9.84 Å². The molecule has 2 aromatic carbocycles. The fraction of sp³-hybridized carbons (Fsp3) is 0.227. The molecule has 0 radical (unpaired) electrons. The second-order valence-electron chi connectivity index (χ2n) is 7.37. The van der Waals surface area contributed by atoms with E-state index in [-0.39, 0.29) is 11.8 Å². The molecule has 2 aromatic heterocycles. The molecular weight excluding hydrogens is 352 g/mol. The fourth-order valence-corrected chi connectivity index (χ4v) is 3.81. The van der Waals surface area contributed by atoms with E-state index in [2.05, 4.69) is 34.2 Å². The number of nitrogens with zero attached hydrogens (tertiary/aromatic N) is 3. The summed E-state index contributed by atoms with van der Waals surface area (Å²) in [6.07, 6.45) is 2.58. The molecule has 1 aliphatic heterocycles. The summed E-state index contributed by atoms with van der Waals surface area (Å²) in [6.45, 7) is 4.55. The van der Waals surface area contributed by atoms with Crippen molar-refractivity contribution in [2.45, 2.75) is 26.2 Å². The van der Waals surface area contributed by atoms with Gasteiger partial charge < -0.3 is 9.84 Å². The van der Waals surface area contributed by atoms with Crippen LogP contribution in [-0.2, 0) is 6.42 Å². The molecule has 4 aromatic rings. The van der Waals surface area contributed by atoms with Crippen LogP contribution in [0.1, 0.15) is 28.6 Å². The third-order valence-electron chi connectivity index (χ3n) is 5.32. The minimum absolute atomic E-state index is 0.00182. The van der Waals surface area contributed by atoms with Gasteiger partial charge in [-0.1, -0.05) is 23.8 Å². The van der Waals surface area contributed by atoms with Crippen molar-refractivity contribution in [2.24, 2.45) is 0 Å². The van der Waals surface area contributed by atoms with E-state index in [1.807, 2.05) is 31.2 Å². The second-order valence-corrected chi connectivity index (χ2v) is 7.37. The largest absolute Gasteiger partial charge is 0.493 e. The number of rotatable bonds is 2. The number of aromatic hydroxyl groups is 1. The molecule has 0 spiro atoms. The van der Waals surface area contributed by atoms with Crippen LogP contribution in [0.15, 0.2) is 42.6 Å². The monoisotopic (exact) mass is 372 g/mol. The number of aryl methyl sites for hydroxylation is 2. The van der Waals surface area contributed by atoms with Crippen molar-refractivity contribution in [3.05, 3.63) is 65.2 Å². The first-order valence-corrected chi connectivity index (χ1v) is 9.32. The summed E-state index contributed by atoms with van der Waals surface area (Å²) in [5.74, 6) is 1.55. The minimum atomic E-state index is -0.00182. The van der Waals surface area contributed by atoms with Crippen LogP contribution in [0.4, 0.5) is 0 Å². The third-order valence-corrected chi connectivity index (χ3v) is 5.32. The molecule has 6 nitrogen and oxygen atoms in total. The lowest BCUT2D eigenvalue weighted by atomic mass is 9.94. The Labute approximate surface area is 162 Å². The van der Waals surface area contributed by atoms with Gasteiger partial charge in [0.2, 0.25) is 5.88 Å².